The van der Waals surface area contributed by atoms with Crippen LogP contribution in [0.5, 0.6) is 5.75 Å². The predicted octanol–water partition coefficient (Wildman–Crippen LogP) is 1.67. The van der Waals surface area contributed by atoms with Crippen LogP contribution in [0.2, 0.25) is 5.02 Å². The Morgan fingerprint density at radius 2 is 2.13 bits per heavy atom. The van der Waals surface area contributed by atoms with Crippen LogP contribution in [0.25, 0.3) is 5.65 Å². The number of nitrogens with one attached hydrogen (secondary N) is 1. The van der Waals surface area contributed by atoms with E-state index in [0.29, 0.717) is 12.1 Å². The SMILES string of the molecule is CCCCc1c(Cl)c(O)c(C(=O)NCC(=O)O)c2ncnn12.Cl. The first kappa shape index (κ1) is 19.0. The maximum Gasteiger partial charge on any atom is 0.322 e. The number of unbranched alkanes of at least 4 members (excludes halogenated alkanes) is 1. The molecule has 126 valence electrons. The molecule has 0 saturated heterocycles. The van der Waals surface area contributed by atoms with Crippen LogP contribution < -0.4 is 5.32 Å². The zero-order valence-corrected chi connectivity index (χ0v) is 13.8. The average Bonchev–Trinajstić information content (AvgIpc) is 2.94. The summed E-state index contributed by atoms with van der Waals surface area (Å²) in [6.45, 7) is 1.44. The van der Waals surface area contributed by atoms with Crippen molar-refractivity contribution < 1.29 is 19.8 Å². The molecular formula is C13H16Cl2N4O4. The Morgan fingerprint density at radius 1 is 1.43 bits per heavy atom. The van der Waals surface area contributed by atoms with Gasteiger partial charge in [-0.3, -0.25) is 9.59 Å². The van der Waals surface area contributed by atoms with Gasteiger partial charge in [-0.1, -0.05) is 24.9 Å². The second kappa shape index (κ2) is 7.98. The summed E-state index contributed by atoms with van der Waals surface area (Å²) >= 11 is 6.14. The number of carbonyl (C=O) groups is 2. The van der Waals surface area contributed by atoms with Crippen molar-refractivity contribution in [3.05, 3.63) is 22.6 Å². The number of pyridine rings is 1. The smallest absolute Gasteiger partial charge is 0.322 e. The predicted molar refractivity (Wildman–Crippen MR) is 85.5 cm³/mol. The van der Waals surface area contributed by atoms with Gasteiger partial charge in [-0.05, 0) is 12.8 Å². The van der Waals surface area contributed by atoms with Gasteiger partial charge in [0.05, 0.1) is 5.69 Å². The van der Waals surface area contributed by atoms with Crippen molar-refractivity contribution >= 4 is 41.5 Å². The Labute approximate surface area is 142 Å². The molecule has 0 spiro atoms. The summed E-state index contributed by atoms with van der Waals surface area (Å²) in [5.74, 6) is -2.39. The van der Waals surface area contributed by atoms with Gasteiger partial charge in [0.15, 0.2) is 11.4 Å². The molecule has 0 radical (unpaired) electrons. The number of nitrogens with zero attached hydrogens (tertiary/aromatic N) is 3. The van der Waals surface area contributed by atoms with Crippen LogP contribution in [0.15, 0.2) is 6.33 Å². The van der Waals surface area contributed by atoms with E-state index < -0.39 is 24.2 Å². The third kappa shape index (κ3) is 3.83. The summed E-state index contributed by atoms with van der Waals surface area (Å²) in [6, 6.07) is 0. The summed E-state index contributed by atoms with van der Waals surface area (Å²) in [5.41, 5.74) is 0.503. The summed E-state index contributed by atoms with van der Waals surface area (Å²) in [4.78, 5) is 26.6. The summed E-state index contributed by atoms with van der Waals surface area (Å²) in [7, 11) is 0. The minimum atomic E-state index is -1.20. The van der Waals surface area contributed by atoms with Gasteiger partial charge in [0.25, 0.3) is 5.91 Å². The maximum atomic E-state index is 12.1. The number of halogens is 2. The van der Waals surface area contributed by atoms with Crippen molar-refractivity contribution in [1.82, 2.24) is 19.9 Å². The van der Waals surface area contributed by atoms with E-state index in [4.69, 9.17) is 16.7 Å². The fourth-order valence-corrected chi connectivity index (χ4v) is 2.34. The van der Waals surface area contributed by atoms with E-state index in [2.05, 4.69) is 15.4 Å². The number of rotatable bonds is 6. The van der Waals surface area contributed by atoms with E-state index in [1.165, 1.54) is 10.8 Å². The first-order valence-corrected chi connectivity index (χ1v) is 7.08. The van der Waals surface area contributed by atoms with Gasteiger partial charge >= 0.3 is 5.97 Å². The lowest BCUT2D eigenvalue weighted by atomic mass is 10.1. The minimum Gasteiger partial charge on any atom is -0.505 e. The second-order valence-electron chi connectivity index (χ2n) is 4.66. The van der Waals surface area contributed by atoms with Gasteiger partial charge in [0, 0.05) is 0 Å². The number of aliphatic carboxylic acids is 1. The fraction of sp³-hybridized carbons (Fsp3) is 0.385. The Morgan fingerprint density at radius 3 is 2.74 bits per heavy atom. The molecule has 1 amide bonds. The van der Waals surface area contributed by atoms with Crippen LogP contribution in [0.4, 0.5) is 0 Å². The molecule has 0 aliphatic heterocycles. The number of aryl methyl sites for hydroxylation is 1. The van der Waals surface area contributed by atoms with Gasteiger partial charge in [-0.15, -0.1) is 12.4 Å². The molecule has 2 aromatic heterocycles. The van der Waals surface area contributed by atoms with Crippen LogP contribution in [0.1, 0.15) is 35.8 Å². The third-order valence-electron chi connectivity index (χ3n) is 3.12. The Bertz CT molecular complexity index is 732. The quantitative estimate of drug-likeness (QED) is 0.719. The van der Waals surface area contributed by atoms with Crippen molar-refractivity contribution in [2.24, 2.45) is 0 Å². The normalized spacial score (nSPS) is 10.3. The van der Waals surface area contributed by atoms with E-state index in [0.717, 1.165) is 12.8 Å². The highest BCUT2D eigenvalue weighted by atomic mass is 35.5. The lowest BCUT2D eigenvalue weighted by Crippen LogP contribution is -2.30. The topological polar surface area (TPSA) is 117 Å². The Hall–Kier alpha value is -2.06. The van der Waals surface area contributed by atoms with Gasteiger partial charge in [0.1, 0.15) is 23.5 Å². The lowest BCUT2D eigenvalue weighted by molar-refractivity contribution is -0.135. The van der Waals surface area contributed by atoms with Crippen LogP contribution in [0.3, 0.4) is 0 Å². The van der Waals surface area contributed by atoms with Crippen LogP contribution >= 0.6 is 24.0 Å². The van der Waals surface area contributed by atoms with Crippen molar-refractivity contribution in [3.63, 3.8) is 0 Å². The fourth-order valence-electron chi connectivity index (χ4n) is 2.07. The number of carbonyl (C=O) groups excluding carboxylic acids is 1. The highest BCUT2D eigenvalue weighted by Gasteiger charge is 2.24. The number of aromatic hydroxyl groups is 1. The van der Waals surface area contributed by atoms with E-state index in [9.17, 15) is 14.7 Å². The zero-order chi connectivity index (χ0) is 16.3. The molecule has 2 rings (SSSR count). The van der Waals surface area contributed by atoms with Gasteiger partial charge in [-0.25, -0.2) is 9.50 Å². The van der Waals surface area contributed by atoms with Crippen molar-refractivity contribution in [3.8, 4) is 5.75 Å². The van der Waals surface area contributed by atoms with Crippen molar-refractivity contribution in [2.75, 3.05) is 6.54 Å². The van der Waals surface area contributed by atoms with Crippen LogP contribution in [0, 0.1) is 0 Å². The lowest BCUT2D eigenvalue weighted by Gasteiger charge is -2.12. The minimum absolute atomic E-state index is 0. The second-order valence-corrected chi connectivity index (χ2v) is 5.04. The molecule has 10 heteroatoms. The molecule has 0 aliphatic rings. The van der Waals surface area contributed by atoms with Crippen molar-refractivity contribution in [1.29, 1.82) is 0 Å². The molecule has 0 atom stereocenters. The zero-order valence-electron chi connectivity index (χ0n) is 12.2. The number of aromatic nitrogens is 3. The number of hydrogen-bond donors (Lipinski definition) is 3. The van der Waals surface area contributed by atoms with Gasteiger partial charge in [0.2, 0.25) is 0 Å². The van der Waals surface area contributed by atoms with E-state index >= 15 is 0 Å². The number of amides is 1. The molecule has 8 nitrogen and oxygen atoms in total. The molecule has 23 heavy (non-hydrogen) atoms. The first-order chi connectivity index (χ1) is 10.5. The first-order valence-electron chi connectivity index (χ1n) is 6.70. The Kier molecular flexibility index (Phi) is 6.59. The molecule has 0 aromatic carbocycles. The molecule has 0 bridgehead atoms. The highest BCUT2D eigenvalue weighted by molar-refractivity contribution is 6.33. The number of carboxylic acids is 1. The maximum absolute atomic E-state index is 12.1. The summed E-state index contributed by atoms with van der Waals surface area (Å²) in [5, 5.41) is 25.0. The summed E-state index contributed by atoms with van der Waals surface area (Å²) in [6.07, 6.45) is 3.57. The summed E-state index contributed by atoms with van der Waals surface area (Å²) < 4.78 is 1.40. The molecule has 0 aliphatic carbocycles. The molecular weight excluding hydrogens is 347 g/mol. The standard InChI is InChI=1S/C13H15ClN4O4.ClH/c1-2-3-4-7-10(14)11(21)9(12-16-6-17-18(7)12)13(22)15-5-8(19)20;/h6,21H,2-5H2,1H3,(H,15,22)(H,19,20);1H. The van der Waals surface area contributed by atoms with E-state index in [1.807, 2.05) is 6.92 Å². The third-order valence-corrected chi connectivity index (χ3v) is 3.52. The number of carboxylic acid groups (broad SMARTS) is 1. The van der Waals surface area contributed by atoms with Crippen LogP contribution in [-0.4, -0.2) is 43.2 Å². The molecule has 0 fully saturated rings. The monoisotopic (exact) mass is 362 g/mol. The Balaban J connectivity index is 0.00000264. The number of hydrogen-bond acceptors (Lipinski definition) is 5. The van der Waals surface area contributed by atoms with Gasteiger partial charge < -0.3 is 15.5 Å². The molecule has 0 saturated carbocycles. The molecule has 3 N–H and O–H groups in total. The average molecular weight is 363 g/mol. The van der Waals surface area contributed by atoms with E-state index in [-0.39, 0.29) is 28.6 Å². The highest BCUT2D eigenvalue weighted by Crippen LogP contribution is 2.34. The van der Waals surface area contributed by atoms with Crippen LogP contribution in [-0.2, 0) is 11.2 Å². The molecule has 2 heterocycles. The number of fused-ring (bicyclic) bond motifs is 1. The largest absolute Gasteiger partial charge is 0.505 e. The van der Waals surface area contributed by atoms with E-state index in [1.54, 1.807) is 0 Å². The molecule has 2 aromatic rings. The van der Waals surface area contributed by atoms with Gasteiger partial charge in [-0.2, -0.15) is 5.10 Å². The molecule has 0 unspecified atom stereocenters. The van der Waals surface area contributed by atoms with Crippen molar-refractivity contribution in [2.45, 2.75) is 26.2 Å².